The fourth-order valence-corrected chi connectivity index (χ4v) is 5.19. The molecule has 5 atom stereocenters. The van der Waals surface area contributed by atoms with Crippen LogP contribution < -0.4 is 0 Å². The van der Waals surface area contributed by atoms with Crippen molar-refractivity contribution >= 4 is 25.8 Å². The van der Waals surface area contributed by atoms with E-state index in [-0.39, 0.29) is 24.5 Å². The number of carbonyl (C=O) groups excluding carboxylic acids is 2. The normalized spacial score (nSPS) is 24.6. The van der Waals surface area contributed by atoms with Crippen molar-refractivity contribution in [1.82, 2.24) is 9.71 Å². The van der Waals surface area contributed by atoms with E-state index in [1.54, 1.807) is 13.8 Å². The molecule has 1 saturated heterocycles. The minimum Gasteiger partial charge on any atom is -0.480 e. The molecule has 32 heavy (non-hydrogen) atoms. The SMILES string of the molecule is [B]N([C@@H](C)C(=O)N1[C@H](C(=O)O)C[C@H]2CCCC[C@@H]21)[C@@H](CCc1ccccc1)C(=O)OCC. The molecule has 0 unspecified atom stereocenters. The molecule has 1 aliphatic carbocycles. The number of carboxylic acids is 1. The molecule has 7 nitrogen and oxygen atoms in total. The first-order chi connectivity index (χ1) is 15.3. The number of aryl methyl sites for hydroxylation is 1. The van der Waals surface area contributed by atoms with Crippen LogP contribution in [0.4, 0.5) is 0 Å². The van der Waals surface area contributed by atoms with Crippen LogP contribution in [0.5, 0.6) is 0 Å². The zero-order valence-electron chi connectivity index (χ0n) is 19.0. The summed E-state index contributed by atoms with van der Waals surface area (Å²) in [5, 5.41) is 9.76. The molecule has 1 N–H and O–H groups in total. The van der Waals surface area contributed by atoms with E-state index in [1.165, 1.54) is 9.71 Å². The predicted molar refractivity (Wildman–Crippen MR) is 121 cm³/mol. The third kappa shape index (κ3) is 5.34. The second-order valence-electron chi connectivity index (χ2n) is 8.86. The molecule has 0 spiro atoms. The van der Waals surface area contributed by atoms with E-state index in [0.717, 1.165) is 31.2 Å². The summed E-state index contributed by atoms with van der Waals surface area (Å²) in [6.45, 7) is 3.59. The van der Waals surface area contributed by atoms with Crippen molar-refractivity contribution in [3.05, 3.63) is 35.9 Å². The Labute approximate surface area is 191 Å². The average Bonchev–Trinajstić information content (AvgIpc) is 3.19. The molecule has 3 rings (SSSR count). The Morgan fingerprint density at radius 2 is 1.91 bits per heavy atom. The van der Waals surface area contributed by atoms with E-state index in [9.17, 15) is 19.5 Å². The number of amides is 1. The van der Waals surface area contributed by atoms with Crippen molar-refractivity contribution in [2.45, 2.75) is 83.0 Å². The number of nitrogens with zero attached hydrogens (tertiary/aromatic N) is 2. The molecule has 1 aromatic rings. The molecule has 1 heterocycles. The van der Waals surface area contributed by atoms with Crippen LogP contribution in [0.25, 0.3) is 0 Å². The van der Waals surface area contributed by atoms with Gasteiger partial charge in [-0.15, -0.1) is 0 Å². The fraction of sp³-hybridized carbons (Fsp3) is 0.625. The summed E-state index contributed by atoms with van der Waals surface area (Å²) >= 11 is 0. The number of benzene rings is 1. The summed E-state index contributed by atoms with van der Waals surface area (Å²) in [7, 11) is 6.35. The van der Waals surface area contributed by atoms with E-state index >= 15 is 0 Å². The van der Waals surface area contributed by atoms with Crippen LogP contribution in [0.2, 0.25) is 0 Å². The van der Waals surface area contributed by atoms with Crippen LogP contribution in [-0.4, -0.2) is 71.4 Å². The molecule has 2 fully saturated rings. The standard InChI is InChI=1S/C24H33BN2O5/c1-3-32-24(31)20(14-13-17-9-5-4-6-10-17)27(25)16(2)22(28)26-19-12-8-7-11-18(19)15-21(26)23(29)30/h4-6,9-10,16,18-21H,3,7-8,11-15H2,1-2H3,(H,29,30)/t16-,18+,19-,20-,21-/m0/s1. The van der Waals surface area contributed by atoms with Gasteiger partial charge in [0.2, 0.25) is 5.91 Å². The molecule has 0 aromatic heterocycles. The topological polar surface area (TPSA) is 87.2 Å². The lowest BCUT2D eigenvalue weighted by atomic mass is 9.84. The lowest BCUT2D eigenvalue weighted by Gasteiger charge is -2.38. The van der Waals surface area contributed by atoms with Gasteiger partial charge in [0.15, 0.2) is 7.98 Å². The van der Waals surface area contributed by atoms with Crippen LogP contribution in [-0.2, 0) is 25.5 Å². The van der Waals surface area contributed by atoms with E-state index in [4.69, 9.17) is 12.7 Å². The monoisotopic (exact) mass is 440 g/mol. The van der Waals surface area contributed by atoms with Gasteiger partial charge in [-0.1, -0.05) is 43.2 Å². The van der Waals surface area contributed by atoms with Gasteiger partial charge in [-0.3, -0.25) is 9.59 Å². The molecule has 1 amide bonds. The third-order valence-corrected chi connectivity index (χ3v) is 6.90. The van der Waals surface area contributed by atoms with Crippen LogP contribution in [0.3, 0.4) is 0 Å². The summed E-state index contributed by atoms with van der Waals surface area (Å²) in [5.41, 5.74) is 1.06. The number of ether oxygens (including phenoxy) is 1. The van der Waals surface area contributed by atoms with Crippen LogP contribution in [0.1, 0.15) is 57.9 Å². The number of aliphatic carboxylic acids is 1. The number of hydrogen-bond donors (Lipinski definition) is 1. The smallest absolute Gasteiger partial charge is 0.326 e. The van der Waals surface area contributed by atoms with Gasteiger partial charge in [0.05, 0.1) is 18.7 Å². The maximum Gasteiger partial charge on any atom is 0.326 e. The van der Waals surface area contributed by atoms with Gasteiger partial charge in [-0.05, 0) is 57.4 Å². The molecule has 0 bridgehead atoms. The number of esters is 1. The summed E-state index contributed by atoms with van der Waals surface area (Å²) in [4.78, 5) is 40.9. The number of likely N-dealkylation sites (tertiary alicyclic amines) is 1. The Balaban J connectivity index is 1.76. The number of rotatable bonds is 9. The average molecular weight is 440 g/mol. The highest BCUT2D eigenvalue weighted by Gasteiger charge is 2.49. The molecule has 172 valence electrons. The molecule has 8 heteroatoms. The van der Waals surface area contributed by atoms with Crippen molar-refractivity contribution in [3.63, 3.8) is 0 Å². The highest BCUT2D eigenvalue weighted by molar-refractivity contribution is 6.09. The van der Waals surface area contributed by atoms with Crippen molar-refractivity contribution in [3.8, 4) is 0 Å². The molecule has 2 radical (unpaired) electrons. The Morgan fingerprint density at radius 3 is 2.56 bits per heavy atom. The molecular weight excluding hydrogens is 407 g/mol. The lowest BCUT2D eigenvalue weighted by molar-refractivity contribution is -0.154. The van der Waals surface area contributed by atoms with Gasteiger partial charge in [0.1, 0.15) is 6.04 Å². The maximum atomic E-state index is 13.5. The van der Waals surface area contributed by atoms with Gasteiger partial charge in [-0.25, -0.2) is 4.79 Å². The summed E-state index contributed by atoms with van der Waals surface area (Å²) in [6, 6.07) is 7.18. The van der Waals surface area contributed by atoms with Crippen LogP contribution in [0.15, 0.2) is 30.3 Å². The van der Waals surface area contributed by atoms with E-state index in [1.807, 2.05) is 30.3 Å². The molecule has 1 aromatic carbocycles. The van der Waals surface area contributed by atoms with E-state index in [2.05, 4.69) is 0 Å². The van der Waals surface area contributed by atoms with Crippen molar-refractivity contribution < 1.29 is 24.2 Å². The van der Waals surface area contributed by atoms with Gasteiger partial charge in [0, 0.05) is 6.04 Å². The van der Waals surface area contributed by atoms with Crippen molar-refractivity contribution in [1.29, 1.82) is 0 Å². The summed E-state index contributed by atoms with van der Waals surface area (Å²) in [5.74, 6) is -1.57. The molecule has 1 saturated carbocycles. The van der Waals surface area contributed by atoms with Crippen LogP contribution in [0, 0.1) is 5.92 Å². The lowest BCUT2D eigenvalue weighted by Crippen LogP contribution is -2.56. The first-order valence-corrected chi connectivity index (χ1v) is 11.6. The van der Waals surface area contributed by atoms with Crippen molar-refractivity contribution in [2.75, 3.05) is 6.61 Å². The van der Waals surface area contributed by atoms with Gasteiger partial charge >= 0.3 is 11.9 Å². The van der Waals surface area contributed by atoms with Crippen molar-refractivity contribution in [2.24, 2.45) is 5.92 Å². The number of carbonyl (C=O) groups is 3. The highest BCUT2D eigenvalue weighted by Crippen LogP contribution is 2.40. The van der Waals surface area contributed by atoms with Gasteiger partial charge in [0.25, 0.3) is 0 Å². The molecule has 2 aliphatic rings. The van der Waals surface area contributed by atoms with Gasteiger partial charge < -0.3 is 19.6 Å². The Kier molecular flexibility index (Phi) is 8.35. The second-order valence-corrected chi connectivity index (χ2v) is 8.86. The number of fused-ring (bicyclic) bond motifs is 1. The number of hydrogen-bond acceptors (Lipinski definition) is 5. The number of carboxylic acid groups (broad SMARTS) is 1. The van der Waals surface area contributed by atoms with E-state index in [0.29, 0.717) is 19.3 Å². The van der Waals surface area contributed by atoms with E-state index < -0.39 is 30.1 Å². The third-order valence-electron chi connectivity index (χ3n) is 6.90. The zero-order valence-corrected chi connectivity index (χ0v) is 19.0. The van der Waals surface area contributed by atoms with Crippen LogP contribution >= 0.6 is 0 Å². The Morgan fingerprint density at radius 1 is 1.22 bits per heavy atom. The Hall–Kier alpha value is -2.35. The molecular formula is C24H33BN2O5. The molecule has 1 aliphatic heterocycles. The summed E-state index contributed by atoms with van der Waals surface area (Å²) in [6.07, 6.45) is 5.29. The minimum atomic E-state index is -0.977. The predicted octanol–water partition coefficient (Wildman–Crippen LogP) is 2.57. The first-order valence-electron chi connectivity index (χ1n) is 11.6. The zero-order chi connectivity index (χ0) is 23.3. The highest BCUT2D eigenvalue weighted by atomic mass is 16.5. The second kappa shape index (κ2) is 11.0. The Bertz CT molecular complexity index is 805. The largest absolute Gasteiger partial charge is 0.480 e. The van der Waals surface area contributed by atoms with Gasteiger partial charge in [-0.2, -0.15) is 0 Å². The quantitative estimate of drug-likeness (QED) is 0.469. The minimum absolute atomic E-state index is 0.0708. The maximum absolute atomic E-state index is 13.5. The first kappa shape index (κ1) is 24.3. The fourth-order valence-electron chi connectivity index (χ4n) is 5.19. The summed E-state index contributed by atoms with van der Waals surface area (Å²) < 4.78 is 5.23.